The lowest BCUT2D eigenvalue weighted by Crippen LogP contribution is -2.82. The van der Waals surface area contributed by atoms with Crippen LogP contribution in [0.3, 0.4) is 0 Å². The van der Waals surface area contributed by atoms with Gasteiger partial charge in [0.1, 0.15) is 54.1 Å². The van der Waals surface area contributed by atoms with Gasteiger partial charge in [-0.2, -0.15) is 0 Å². The van der Waals surface area contributed by atoms with Gasteiger partial charge in [0.2, 0.25) is 59.3 Å². The zero-order valence-corrected chi connectivity index (χ0v) is 66.9. The Morgan fingerprint density at radius 3 is 1.77 bits per heavy atom. The van der Waals surface area contributed by atoms with Gasteiger partial charge >= 0.3 is 29.8 Å². The van der Waals surface area contributed by atoms with E-state index >= 15 is 9.59 Å². The molecule has 1 heterocycles. The largest absolute Gasteiger partial charge is 0.455 e. The summed E-state index contributed by atoms with van der Waals surface area (Å²) in [5.74, 6) is -18.7. The maximum absolute atomic E-state index is 16.0. The number of ketones is 1. The maximum Gasteiger partial charge on any atom is 0.350 e. The number of thioether (sulfide) groups is 2. The summed E-state index contributed by atoms with van der Waals surface area (Å²) in [4.78, 5) is 220. The fourth-order valence-corrected chi connectivity index (χ4v) is 16.1. The third-order valence-corrected chi connectivity index (χ3v) is 22.4. The van der Waals surface area contributed by atoms with Gasteiger partial charge in [-0.05, 0) is 67.7 Å². The standard InChI is InChI=1S/C77H100N10O26S2/c1-38(2)58(85-69(102)49(32-88)82-67(100)48(78)33-114-36-80-41(5)90)70(103)86-59(40(4)89)71(104)83-50(34-115-37-81-42(6)91)68(101)79-31-55(96)84-54(95)27-28-56(97)111-62(60(45-21-15-12-16-22-45)87-66(99)46-23-17-13-18-24-46)73(106)110-51-30-77(107)65(112-72(105)47-25-19-14-20-26-47)63-75(11,52(94)29-53-76(63,35-108-53)113-44(8)93)64(98)61(109-43(7)92)57(39(51)3)74(77,9)10/h12-26,38,40,48-53,58-63,65,88-89,94,107H,27-37,78H2,1-11H3,(H,79,101)(H,80,90)(H,81,91)(H,82,100)(H,83,104)(H,85,102)(H,86,103)(H,87,99)(H,84,95,96)/t40-,48+,49+,50+,51+,52+,53-,58+,59+,60+,61-,62-,63?,65+,75-,76+,77-/m1/s1. The summed E-state index contributed by atoms with van der Waals surface area (Å²) in [6, 6.07) is 13.2. The number of ether oxygens (including phenoxy) is 6. The fourth-order valence-electron chi connectivity index (χ4n) is 14.4. The second-order valence-electron chi connectivity index (χ2n) is 29.4. The molecule has 38 heteroatoms. The van der Waals surface area contributed by atoms with Crippen LogP contribution in [0, 0.1) is 22.7 Å². The quantitative estimate of drug-likeness (QED) is 0.0107. The first-order valence-corrected chi connectivity index (χ1v) is 39.2. The van der Waals surface area contributed by atoms with E-state index in [1.54, 1.807) is 30.3 Å². The van der Waals surface area contributed by atoms with E-state index in [0.29, 0.717) is 0 Å². The van der Waals surface area contributed by atoms with Crippen LogP contribution in [-0.4, -0.2) is 242 Å². The Labute approximate surface area is 670 Å². The number of nitrogens with two attached hydrogens (primary N) is 1. The number of carbonyl (C=O) groups is 16. The smallest absolute Gasteiger partial charge is 0.350 e. The molecule has 626 valence electrons. The third kappa shape index (κ3) is 22.5. The van der Waals surface area contributed by atoms with E-state index < -0.39 is 241 Å². The van der Waals surface area contributed by atoms with Crippen molar-refractivity contribution in [3.8, 4) is 0 Å². The normalized spacial score (nSPS) is 23.8. The average molecular weight is 1650 g/mol. The summed E-state index contributed by atoms with van der Waals surface area (Å²) in [7, 11) is 0. The van der Waals surface area contributed by atoms with Crippen molar-refractivity contribution in [2.75, 3.05) is 43.0 Å². The van der Waals surface area contributed by atoms with Gasteiger partial charge in [0.15, 0.2) is 17.5 Å². The first kappa shape index (κ1) is 92.0. The van der Waals surface area contributed by atoms with E-state index in [9.17, 15) is 87.5 Å². The minimum Gasteiger partial charge on any atom is -0.455 e. The first-order chi connectivity index (χ1) is 54.1. The van der Waals surface area contributed by atoms with Gasteiger partial charge in [-0.1, -0.05) is 94.4 Å². The molecule has 0 radical (unpaired) electrons. The Balaban J connectivity index is 1.12. The lowest BCUT2D eigenvalue weighted by Gasteiger charge is -2.67. The fraction of sp³-hybridized carbons (Fsp3) is 0.532. The number of nitrogens with one attached hydrogen (secondary N) is 9. The first-order valence-electron chi connectivity index (χ1n) is 36.9. The molecule has 7 rings (SSSR count). The van der Waals surface area contributed by atoms with Crippen molar-refractivity contribution in [1.82, 2.24) is 47.9 Å². The topological polar surface area (TPSA) is 544 Å². The Kier molecular flexibility index (Phi) is 32.3. The molecule has 3 aromatic rings. The van der Waals surface area contributed by atoms with Gasteiger partial charge < -0.3 is 97.1 Å². The average Bonchev–Trinajstić information content (AvgIpc) is 0.668. The van der Waals surface area contributed by atoms with Gasteiger partial charge in [-0.15, -0.1) is 23.5 Å². The molecule has 115 heavy (non-hydrogen) atoms. The van der Waals surface area contributed by atoms with Crippen molar-refractivity contribution in [2.24, 2.45) is 28.4 Å². The molecular weight excluding hydrogens is 1550 g/mol. The molecule has 36 nitrogen and oxygen atoms in total. The molecule has 2 saturated carbocycles. The maximum atomic E-state index is 16.0. The van der Waals surface area contributed by atoms with Crippen LogP contribution in [0.5, 0.6) is 0 Å². The molecule has 2 bridgehead atoms. The highest BCUT2D eigenvalue weighted by Crippen LogP contribution is 2.64. The van der Waals surface area contributed by atoms with Crippen molar-refractivity contribution in [1.29, 1.82) is 0 Å². The lowest BCUT2D eigenvalue weighted by atomic mass is 9.44. The number of hydrogen-bond acceptors (Lipinski definition) is 29. The number of amides is 10. The highest BCUT2D eigenvalue weighted by atomic mass is 32.2. The molecule has 3 aromatic carbocycles. The second kappa shape index (κ2) is 40.4. The predicted octanol–water partition coefficient (Wildman–Crippen LogP) is -1.23. The summed E-state index contributed by atoms with van der Waals surface area (Å²) < 4.78 is 36.9. The second-order valence-corrected chi connectivity index (χ2v) is 31.4. The molecule has 3 fully saturated rings. The molecule has 3 aliphatic carbocycles. The number of aliphatic hydroxyl groups excluding tert-OH is 3. The van der Waals surface area contributed by atoms with E-state index in [-0.39, 0.29) is 63.4 Å². The van der Waals surface area contributed by atoms with Crippen molar-refractivity contribution < 1.29 is 126 Å². The number of hydrogen-bond donors (Lipinski definition) is 14. The molecular formula is C77H100N10O26S2. The van der Waals surface area contributed by atoms with E-state index in [4.69, 9.17) is 34.2 Å². The number of rotatable bonds is 36. The van der Waals surface area contributed by atoms with E-state index in [2.05, 4.69) is 42.5 Å². The molecule has 0 spiro atoms. The number of benzene rings is 3. The number of esters is 5. The van der Waals surface area contributed by atoms with E-state index in [1.165, 1.54) is 116 Å². The zero-order chi connectivity index (χ0) is 85.2. The predicted molar refractivity (Wildman–Crippen MR) is 409 cm³/mol. The minimum absolute atomic E-state index is 0.00603. The number of Topliss-reactive ketones (excluding diaryl/α,β-unsaturated/α-hetero) is 1. The van der Waals surface area contributed by atoms with E-state index in [1.807, 2.05) is 5.32 Å². The molecule has 1 unspecified atom stereocenters. The summed E-state index contributed by atoms with van der Waals surface area (Å²) >= 11 is 2.01. The van der Waals surface area contributed by atoms with Gasteiger partial charge in [-0.25, -0.2) is 9.59 Å². The molecule has 1 aliphatic heterocycles. The summed E-state index contributed by atoms with van der Waals surface area (Å²) in [5, 5.41) is 68.8. The van der Waals surface area contributed by atoms with Gasteiger partial charge in [-0.3, -0.25) is 72.4 Å². The number of aliphatic hydroxyl groups is 4. The monoisotopic (exact) mass is 1640 g/mol. The molecule has 1 saturated heterocycles. The van der Waals surface area contributed by atoms with E-state index in [0.717, 1.165) is 44.3 Å². The van der Waals surface area contributed by atoms with Gasteiger partial charge in [0.25, 0.3) is 5.91 Å². The summed E-state index contributed by atoms with van der Waals surface area (Å²) in [5.41, 5.74) is -2.84. The number of carbonyl (C=O) groups excluding carboxylic acids is 16. The number of fused-ring (bicyclic) bond motifs is 5. The summed E-state index contributed by atoms with van der Waals surface area (Å²) in [6.07, 6.45) is -15.6. The molecule has 4 aliphatic rings. The van der Waals surface area contributed by atoms with Crippen LogP contribution in [0.4, 0.5) is 0 Å². The van der Waals surface area contributed by atoms with Crippen LogP contribution < -0.4 is 53.6 Å². The summed E-state index contributed by atoms with van der Waals surface area (Å²) in [6.45, 7) is 12.0. The van der Waals surface area contributed by atoms with Crippen LogP contribution >= 0.6 is 23.5 Å². The Bertz CT molecular complexity index is 4160. The van der Waals surface area contributed by atoms with Gasteiger partial charge in [0.05, 0.1) is 73.1 Å². The van der Waals surface area contributed by atoms with Crippen LogP contribution in [-0.2, 0) is 95.5 Å². The molecule has 0 aromatic heterocycles. The van der Waals surface area contributed by atoms with Crippen molar-refractivity contribution in [3.63, 3.8) is 0 Å². The third-order valence-electron chi connectivity index (χ3n) is 20.5. The van der Waals surface area contributed by atoms with Crippen molar-refractivity contribution in [2.45, 2.75) is 192 Å². The lowest BCUT2D eigenvalue weighted by molar-refractivity contribution is -0.346. The highest BCUT2D eigenvalue weighted by molar-refractivity contribution is 7.99. The number of imide groups is 1. The van der Waals surface area contributed by atoms with Crippen LogP contribution in [0.15, 0.2) is 102 Å². The zero-order valence-electron chi connectivity index (χ0n) is 65.3. The Hall–Kier alpha value is -10.2. The minimum atomic E-state index is -2.64. The van der Waals surface area contributed by atoms with Crippen LogP contribution in [0.1, 0.15) is 134 Å². The van der Waals surface area contributed by atoms with Gasteiger partial charge in [0, 0.05) is 69.4 Å². The Morgan fingerprint density at radius 2 is 1.22 bits per heavy atom. The molecule has 10 amide bonds. The molecule has 15 N–H and O–H groups in total. The van der Waals surface area contributed by atoms with Crippen molar-refractivity contribution >= 4 is 118 Å². The molecule has 17 atom stereocenters. The van der Waals surface area contributed by atoms with Crippen LogP contribution in [0.2, 0.25) is 0 Å². The van der Waals surface area contributed by atoms with Crippen molar-refractivity contribution in [3.05, 3.63) is 119 Å². The van der Waals surface area contributed by atoms with Crippen LogP contribution in [0.25, 0.3) is 0 Å². The highest BCUT2D eigenvalue weighted by Gasteiger charge is 2.78. The SMILES string of the molecule is CC(=O)NCSC[C@H](NC(=O)[C@@H](NC(=O)[C@@H](NC(=O)[C@H](CO)NC(=O)[C@@H](N)CSCNC(C)=O)C(C)C)[C@@H](C)O)C(=O)NCC(=O)NC(=O)CCC(=O)O[C@@H](C(=O)O[C@H]1C[C@@]2(O)[C@@H](OC(=O)c3ccccc3)C3[C@](C)(C(=O)[C@H](OC(C)=O)C(=C1C)C2(C)C)[C@@H](O)C[C@H]1OC[C@@]31OC(C)=O)[C@@H](NC(=O)c1ccccc1)c1ccccc1. The Morgan fingerprint density at radius 1 is 0.652 bits per heavy atom.